The first-order valence-corrected chi connectivity index (χ1v) is 7.33. The molecule has 2 nitrogen and oxygen atoms in total. The van der Waals surface area contributed by atoms with Crippen molar-refractivity contribution in [1.82, 2.24) is 0 Å². The molecule has 0 bridgehead atoms. The van der Waals surface area contributed by atoms with Crippen molar-refractivity contribution in [2.45, 2.75) is 39.2 Å². The predicted octanol–water partition coefficient (Wildman–Crippen LogP) is 4.48. The summed E-state index contributed by atoms with van der Waals surface area (Å²) in [5, 5.41) is 0. The second-order valence-electron chi connectivity index (χ2n) is 5.84. The van der Waals surface area contributed by atoms with E-state index in [-0.39, 0.29) is 5.82 Å². The molecule has 1 saturated carbocycles. The van der Waals surface area contributed by atoms with E-state index in [1.165, 1.54) is 24.5 Å². The quantitative estimate of drug-likeness (QED) is 0.840. The third kappa shape index (κ3) is 2.87. The molecule has 1 aliphatic carbocycles. The highest BCUT2D eigenvalue weighted by Crippen LogP contribution is 2.43. The van der Waals surface area contributed by atoms with Gasteiger partial charge in [0.05, 0.1) is 0 Å². The van der Waals surface area contributed by atoms with Crippen LogP contribution in [0.1, 0.15) is 41.0 Å². The van der Waals surface area contributed by atoms with Gasteiger partial charge in [-0.1, -0.05) is 12.1 Å². The number of nitrogens with two attached hydrogens (primary N) is 1. The van der Waals surface area contributed by atoms with E-state index in [9.17, 15) is 4.39 Å². The second-order valence-corrected chi connectivity index (χ2v) is 5.84. The molecule has 3 rings (SSSR count). The Labute approximate surface area is 124 Å². The number of ether oxygens (including phenoxy) is 1. The van der Waals surface area contributed by atoms with Crippen LogP contribution in [0.25, 0.3) is 0 Å². The first-order chi connectivity index (χ1) is 10.1. The van der Waals surface area contributed by atoms with Crippen LogP contribution in [0, 0.1) is 19.7 Å². The molecular weight excluding hydrogens is 265 g/mol. The fourth-order valence-corrected chi connectivity index (χ4v) is 2.68. The van der Waals surface area contributed by atoms with Gasteiger partial charge in [0, 0.05) is 17.3 Å². The lowest BCUT2D eigenvalue weighted by Crippen LogP contribution is -2.05. The van der Waals surface area contributed by atoms with Gasteiger partial charge in [0.15, 0.2) is 0 Å². The maximum Gasteiger partial charge on any atom is 0.129 e. The summed E-state index contributed by atoms with van der Waals surface area (Å²) < 4.78 is 19.5. The lowest BCUT2D eigenvalue weighted by molar-refractivity contribution is 0.302. The summed E-state index contributed by atoms with van der Waals surface area (Å²) in [6.07, 6.45) is 2.43. The fraction of sp³-hybridized carbons (Fsp3) is 0.333. The standard InChI is InChI=1S/C18H20FNO/c1-11-8-12(2)18(9-16(11)19)21-10-15-14(13-6-7-13)4-3-5-17(15)20/h3-5,8-9,13H,6-7,10,20H2,1-2H3. The number of hydrogen-bond donors (Lipinski definition) is 1. The molecule has 2 aromatic rings. The minimum atomic E-state index is -0.237. The predicted molar refractivity (Wildman–Crippen MR) is 83.0 cm³/mol. The van der Waals surface area contributed by atoms with E-state index in [0.29, 0.717) is 23.8 Å². The molecule has 2 N–H and O–H groups in total. The fourth-order valence-electron chi connectivity index (χ4n) is 2.68. The minimum Gasteiger partial charge on any atom is -0.488 e. The third-order valence-corrected chi connectivity index (χ3v) is 4.09. The Hall–Kier alpha value is -2.03. The van der Waals surface area contributed by atoms with E-state index in [0.717, 1.165) is 16.8 Å². The van der Waals surface area contributed by atoms with Crippen molar-refractivity contribution in [3.05, 3.63) is 58.4 Å². The molecule has 0 spiro atoms. The zero-order valence-corrected chi connectivity index (χ0v) is 12.4. The Balaban J connectivity index is 1.84. The van der Waals surface area contributed by atoms with E-state index < -0.39 is 0 Å². The van der Waals surface area contributed by atoms with Crippen LogP contribution in [0.4, 0.5) is 10.1 Å². The highest BCUT2D eigenvalue weighted by Gasteiger charge is 2.26. The minimum absolute atomic E-state index is 0.237. The molecule has 21 heavy (non-hydrogen) atoms. The van der Waals surface area contributed by atoms with Crippen molar-refractivity contribution in [1.29, 1.82) is 0 Å². The number of halogens is 1. The highest BCUT2D eigenvalue weighted by molar-refractivity contribution is 5.53. The number of benzene rings is 2. The second kappa shape index (κ2) is 5.40. The van der Waals surface area contributed by atoms with Crippen LogP contribution < -0.4 is 10.5 Å². The number of aryl methyl sites for hydroxylation is 2. The molecule has 0 saturated heterocycles. The maximum absolute atomic E-state index is 13.7. The molecule has 0 unspecified atom stereocenters. The van der Waals surface area contributed by atoms with Crippen molar-refractivity contribution in [3.8, 4) is 5.75 Å². The van der Waals surface area contributed by atoms with Gasteiger partial charge in [-0.3, -0.25) is 0 Å². The lowest BCUT2D eigenvalue weighted by Gasteiger charge is -2.15. The van der Waals surface area contributed by atoms with E-state index in [1.54, 1.807) is 13.0 Å². The lowest BCUT2D eigenvalue weighted by atomic mass is 10.0. The molecule has 3 heteroatoms. The number of rotatable bonds is 4. The monoisotopic (exact) mass is 285 g/mol. The molecule has 0 atom stereocenters. The molecule has 0 amide bonds. The van der Waals surface area contributed by atoms with E-state index in [1.807, 2.05) is 19.1 Å². The summed E-state index contributed by atoms with van der Waals surface area (Å²) in [5.74, 6) is 0.963. The van der Waals surface area contributed by atoms with Crippen LogP contribution in [-0.4, -0.2) is 0 Å². The van der Waals surface area contributed by atoms with Gasteiger partial charge in [0.25, 0.3) is 0 Å². The number of anilines is 1. The summed E-state index contributed by atoms with van der Waals surface area (Å²) >= 11 is 0. The van der Waals surface area contributed by atoms with Crippen molar-refractivity contribution in [2.75, 3.05) is 5.73 Å². The Morgan fingerprint density at radius 2 is 1.95 bits per heavy atom. The topological polar surface area (TPSA) is 35.2 Å². The average molecular weight is 285 g/mol. The normalized spacial score (nSPS) is 14.2. The van der Waals surface area contributed by atoms with Crippen molar-refractivity contribution < 1.29 is 9.13 Å². The Bertz CT molecular complexity index is 677. The van der Waals surface area contributed by atoms with Gasteiger partial charge in [-0.25, -0.2) is 4.39 Å². The number of nitrogen functional groups attached to an aromatic ring is 1. The van der Waals surface area contributed by atoms with Gasteiger partial charge in [-0.15, -0.1) is 0 Å². The van der Waals surface area contributed by atoms with Crippen LogP contribution in [-0.2, 0) is 6.61 Å². The van der Waals surface area contributed by atoms with E-state index in [4.69, 9.17) is 10.5 Å². The maximum atomic E-state index is 13.7. The summed E-state index contributed by atoms with van der Waals surface area (Å²) in [4.78, 5) is 0. The molecule has 0 heterocycles. The molecule has 0 radical (unpaired) electrons. The Morgan fingerprint density at radius 3 is 2.67 bits per heavy atom. The molecule has 2 aromatic carbocycles. The van der Waals surface area contributed by atoms with Gasteiger partial charge in [0.1, 0.15) is 18.2 Å². The summed E-state index contributed by atoms with van der Waals surface area (Å²) in [5.41, 5.74) is 10.7. The van der Waals surface area contributed by atoms with Crippen molar-refractivity contribution in [2.24, 2.45) is 0 Å². The molecule has 110 valence electrons. The van der Waals surface area contributed by atoms with Gasteiger partial charge >= 0.3 is 0 Å². The first kappa shape index (κ1) is 13.9. The average Bonchev–Trinajstić information content (AvgIpc) is 3.27. The smallest absolute Gasteiger partial charge is 0.129 e. The first-order valence-electron chi connectivity index (χ1n) is 7.33. The van der Waals surface area contributed by atoms with Gasteiger partial charge < -0.3 is 10.5 Å². The molecule has 0 aliphatic heterocycles. The van der Waals surface area contributed by atoms with Crippen LogP contribution in [0.3, 0.4) is 0 Å². The summed E-state index contributed by atoms with van der Waals surface area (Å²) in [6.45, 7) is 4.08. The number of hydrogen-bond acceptors (Lipinski definition) is 2. The molecule has 1 aliphatic rings. The van der Waals surface area contributed by atoms with Crippen molar-refractivity contribution >= 4 is 5.69 Å². The summed E-state index contributed by atoms with van der Waals surface area (Å²) in [7, 11) is 0. The highest BCUT2D eigenvalue weighted by atomic mass is 19.1. The zero-order valence-electron chi connectivity index (χ0n) is 12.4. The van der Waals surface area contributed by atoms with Gasteiger partial charge in [-0.2, -0.15) is 0 Å². The van der Waals surface area contributed by atoms with Gasteiger partial charge in [-0.05, 0) is 61.4 Å². The van der Waals surface area contributed by atoms with Gasteiger partial charge in [0.2, 0.25) is 0 Å². The Morgan fingerprint density at radius 1 is 1.19 bits per heavy atom. The van der Waals surface area contributed by atoms with Crippen LogP contribution >= 0.6 is 0 Å². The van der Waals surface area contributed by atoms with Crippen molar-refractivity contribution in [3.63, 3.8) is 0 Å². The van der Waals surface area contributed by atoms with Crippen LogP contribution in [0.15, 0.2) is 30.3 Å². The van der Waals surface area contributed by atoms with E-state index in [2.05, 4.69) is 6.07 Å². The molecule has 0 aromatic heterocycles. The molecule has 1 fully saturated rings. The molecular formula is C18H20FNO. The van der Waals surface area contributed by atoms with E-state index >= 15 is 0 Å². The largest absolute Gasteiger partial charge is 0.488 e. The Kier molecular flexibility index (Phi) is 3.58. The SMILES string of the molecule is Cc1cc(C)c(OCc2c(N)cccc2C2CC2)cc1F. The van der Waals surface area contributed by atoms with Crippen LogP contribution in [0.5, 0.6) is 5.75 Å². The summed E-state index contributed by atoms with van der Waals surface area (Å²) in [6, 6.07) is 9.27. The third-order valence-electron chi connectivity index (χ3n) is 4.09. The van der Waals surface area contributed by atoms with Crippen LogP contribution in [0.2, 0.25) is 0 Å². The zero-order chi connectivity index (χ0) is 15.0.